The summed E-state index contributed by atoms with van der Waals surface area (Å²) in [7, 11) is 0. The number of halogens is 5. The van der Waals surface area contributed by atoms with Crippen molar-refractivity contribution in [2.75, 3.05) is 23.3 Å². The van der Waals surface area contributed by atoms with Crippen LogP contribution < -0.4 is 16.0 Å². The van der Waals surface area contributed by atoms with Gasteiger partial charge in [0.25, 0.3) is 0 Å². The molecule has 6 rings (SSSR count). The van der Waals surface area contributed by atoms with Crippen molar-refractivity contribution in [3.63, 3.8) is 0 Å². The predicted octanol–water partition coefficient (Wildman–Crippen LogP) is 4.27. The Bertz CT molecular complexity index is 1720. The Labute approximate surface area is 234 Å². The Balaban J connectivity index is 0.000000431. The Morgan fingerprint density at radius 1 is 1.20 bits per heavy atom. The summed E-state index contributed by atoms with van der Waals surface area (Å²) in [5.74, 6) is -1.24. The van der Waals surface area contributed by atoms with Gasteiger partial charge < -0.3 is 26.0 Å². The average Bonchev–Trinajstić information content (AvgIpc) is 3.64. The first-order chi connectivity index (χ1) is 19.5. The number of imidazole rings is 2. The molecule has 0 unspecified atom stereocenters. The van der Waals surface area contributed by atoms with Crippen LogP contribution >= 0.6 is 11.6 Å². The summed E-state index contributed by atoms with van der Waals surface area (Å²) >= 11 is 6.09. The van der Waals surface area contributed by atoms with Crippen molar-refractivity contribution in [2.24, 2.45) is 5.73 Å². The molecule has 0 radical (unpaired) electrons. The zero-order valence-electron chi connectivity index (χ0n) is 21.0. The van der Waals surface area contributed by atoms with Gasteiger partial charge in [-0.2, -0.15) is 23.1 Å². The van der Waals surface area contributed by atoms with E-state index in [1.165, 1.54) is 12.1 Å². The summed E-state index contributed by atoms with van der Waals surface area (Å²) in [5.41, 5.74) is 9.60. The maximum atomic E-state index is 13.9. The number of aliphatic carboxylic acids is 1. The standard InChI is InChI=1S/C23H21ClFN9.C2HF3O2/c24-13-4-5-17-18(8-13)30-19(29-17)10-27-21-20-22(32-23(31-21)33-7-6-15(26)11-33)34(12-28-20)16-3-1-2-14(25)9-16;3-2(4,5)1(6)7/h1-5,8-9,12,15H,6-7,10-11,26H2,(H,29,30)(H,27,31,32);(H,6,7)/t15-;/m1./s1. The number of carboxylic acid groups (broad SMARTS) is 1. The fourth-order valence-electron chi connectivity index (χ4n) is 4.22. The van der Waals surface area contributed by atoms with Gasteiger partial charge in [0, 0.05) is 24.2 Å². The number of carbonyl (C=O) groups is 1. The minimum absolute atomic E-state index is 0.0752. The topological polar surface area (TPSA) is 151 Å². The molecule has 0 saturated carbocycles. The van der Waals surface area contributed by atoms with Crippen molar-refractivity contribution in [1.82, 2.24) is 29.5 Å². The van der Waals surface area contributed by atoms with Crippen LogP contribution in [0.4, 0.5) is 29.3 Å². The molecule has 1 saturated heterocycles. The highest BCUT2D eigenvalue weighted by molar-refractivity contribution is 6.31. The predicted molar refractivity (Wildman–Crippen MR) is 144 cm³/mol. The van der Waals surface area contributed by atoms with Crippen molar-refractivity contribution in [1.29, 1.82) is 0 Å². The highest BCUT2D eigenvalue weighted by Gasteiger charge is 2.38. The molecule has 1 atom stereocenters. The van der Waals surface area contributed by atoms with Crippen LogP contribution in [-0.4, -0.2) is 65.9 Å². The third kappa shape index (κ3) is 6.30. The Morgan fingerprint density at radius 2 is 1.98 bits per heavy atom. The molecule has 0 aliphatic carbocycles. The van der Waals surface area contributed by atoms with Crippen molar-refractivity contribution < 1.29 is 27.5 Å². The van der Waals surface area contributed by atoms with Gasteiger partial charge in [-0.25, -0.2) is 19.2 Å². The largest absolute Gasteiger partial charge is 0.490 e. The second kappa shape index (κ2) is 11.2. The van der Waals surface area contributed by atoms with E-state index in [1.807, 2.05) is 24.3 Å². The molecule has 16 heteroatoms. The number of fused-ring (bicyclic) bond motifs is 2. The van der Waals surface area contributed by atoms with Gasteiger partial charge in [-0.05, 0) is 42.8 Å². The molecule has 5 N–H and O–H groups in total. The molecule has 11 nitrogen and oxygen atoms in total. The molecule has 0 bridgehead atoms. The number of H-pyrrole nitrogens is 1. The fourth-order valence-corrected chi connectivity index (χ4v) is 4.40. The quantitative estimate of drug-likeness (QED) is 0.220. The molecule has 5 aromatic rings. The second-order valence-electron chi connectivity index (χ2n) is 9.14. The number of rotatable bonds is 5. The van der Waals surface area contributed by atoms with Crippen molar-refractivity contribution in [3.8, 4) is 5.69 Å². The van der Waals surface area contributed by atoms with Gasteiger partial charge in [0.05, 0.1) is 23.3 Å². The van der Waals surface area contributed by atoms with E-state index in [4.69, 9.17) is 37.2 Å². The minimum Gasteiger partial charge on any atom is -0.475 e. The Hall–Kier alpha value is -4.50. The third-order valence-corrected chi connectivity index (χ3v) is 6.37. The highest BCUT2D eigenvalue weighted by Crippen LogP contribution is 2.27. The lowest BCUT2D eigenvalue weighted by Crippen LogP contribution is -2.27. The van der Waals surface area contributed by atoms with Crippen LogP contribution in [-0.2, 0) is 11.3 Å². The number of aromatic amines is 1. The number of nitrogens with one attached hydrogen (secondary N) is 2. The molecule has 1 aliphatic rings. The lowest BCUT2D eigenvalue weighted by Gasteiger charge is -2.17. The van der Waals surface area contributed by atoms with Crippen LogP contribution in [0.15, 0.2) is 48.8 Å². The number of alkyl halides is 3. The summed E-state index contributed by atoms with van der Waals surface area (Å²) < 4.78 is 47.4. The lowest BCUT2D eigenvalue weighted by atomic mass is 10.3. The summed E-state index contributed by atoms with van der Waals surface area (Å²) in [6.07, 6.45) is -2.59. The first kappa shape index (κ1) is 28.0. The first-order valence-corrected chi connectivity index (χ1v) is 12.6. The summed E-state index contributed by atoms with van der Waals surface area (Å²) in [4.78, 5) is 32.9. The first-order valence-electron chi connectivity index (χ1n) is 12.2. The smallest absolute Gasteiger partial charge is 0.475 e. The van der Waals surface area contributed by atoms with Crippen LogP contribution in [0, 0.1) is 5.82 Å². The third-order valence-electron chi connectivity index (χ3n) is 6.14. The zero-order valence-corrected chi connectivity index (χ0v) is 21.8. The molecule has 2 aromatic carbocycles. The number of nitrogens with zero attached hydrogens (tertiary/aromatic N) is 6. The number of carboxylic acids is 1. The molecule has 3 aromatic heterocycles. The number of hydrogen-bond acceptors (Lipinski definition) is 8. The molecule has 4 heterocycles. The molecule has 41 heavy (non-hydrogen) atoms. The maximum Gasteiger partial charge on any atom is 0.490 e. The molecular formula is C25H22ClF4N9O2. The normalized spacial score (nSPS) is 15.3. The number of anilines is 2. The van der Waals surface area contributed by atoms with Crippen LogP contribution in [0.5, 0.6) is 0 Å². The van der Waals surface area contributed by atoms with E-state index in [0.29, 0.717) is 46.7 Å². The Morgan fingerprint density at radius 3 is 2.66 bits per heavy atom. The number of benzene rings is 2. The van der Waals surface area contributed by atoms with Crippen LogP contribution in [0.1, 0.15) is 12.2 Å². The van der Waals surface area contributed by atoms with Gasteiger partial charge in [0.15, 0.2) is 17.0 Å². The lowest BCUT2D eigenvalue weighted by molar-refractivity contribution is -0.192. The molecule has 1 aliphatic heterocycles. The van der Waals surface area contributed by atoms with Crippen molar-refractivity contribution in [3.05, 3.63) is 65.5 Å². The van der Waals surface area contributed by atoms with Gasteiger partial charge in [-0.1, -0.05) is 17.7 Å². The van der Waals surface area contributed by atoms with Gasteiger partial charge in [-0.3, -0.25) is 4.57 Å². The van der Waals surface area contributed by atoms with E-state index < -0.39 is 12.1 Å². The van der Waals surface area contributed by atoms with E-state index in [2.05, 4.69) is 25.2 Å². The van der Waals surface area contributed by atoms with E-state index in [1.54, 1.807) is 17.0 Å². The van der Waals surface area contributed by atoms with Crippen molar-refractivity contribution in [2.45, 2.75) is 25.2 Å². The van der Waals surface area contributed by atoms with Crippen LogP contribution in [0.25, 0.3) is 27.9 Å². The fraction of sp³-hybridized carbons (Fsp3) is 0.240. The monoisotopic (exact) mass is 591 g/mol. The summed E-state index contributed by atoms with van der Waals surface area (Å²) in [6.45, 7) is 1.83. The molecule has 0 amide bonds. The maximum absolute atomic E-state index is 13.9. The van der Waals surface area contributed by atoms with Gasteiger partial charge in [0.2, 0.25) is 5.95 Å². The number of aromatic nitrogens is 6. The number of hydrogen-bond donors (Lipinski definition) is 4. The van der Waals surface area contributed by atoms with E-state index in [9.17, 15) is 17.6 Å². The average molecular weight is 592 g/mol. The molecule has 0 spiro atoms. The van der Waals surface area contributed by atoms with Gasteiger partial charge in [-0.15, -0.1) is 0 Å². The SMILES string of the molecule is N[C@@H]1CCN(c2nc(NCc3nc4ccc(Cl)cc4[nH]3)c3ncn(-c4cccc(F)c4)c3n2)C1.O=C(O)C(F)(F)F. The van der Waals surface area contributed by atoms with E-state index in [0.717, 1.165) is 29.8 Å². The molecular weight excluding hydrogens is 570 g/mol. The van der Waals surface area contributed by atoms with Crippen LogP contribution in [0.3, 0.4) is 0 Å². The Kier molecular flexibility index (Phi) is 7.64. The van der Waals surface area contributed by atoms with Gasteiger partial charge in [0.1, 0.15) is 18.0 Å². The zero-order chi connectivity index (χ0) is 29.3. The minimum atomic E-state index is -5.08. The van der Waals surface area contributed by atoms with Gasteiger partial charge >= 0.3 is 12.1 Å². The van der Waals surface area contributed by atoms with E-state index in [-0.39, 0.29) is 11.9 Å². The second-order valence-corrected chi connectivity index (χ2v) is 9.57. The highest BCUT2D eigenvalue weighted by atomic mass is 35.5. The summed E-state index contributed by atoms with van der Waals surface area (Å²) in [6, 6.07) is 11.9. The molecule has 214 valence electrons. The number of nitrogens with two attached hydrogens (primary N) is 1. The summed E-state index contributed by atoms with van der Waals surface area (Å²) in [5, 5.41) is 11.1. The van der Waals surface area contributed by atoms with E-state index >= 15 is 0 Å². The van der Waals surface area contributed by atoms with Crippen LogP contribution in [0.2, 0.25) is 5.02 Å². The molecule has 1 fully saturated rings. The van der Waals surface area contributed by atoms with Crippen molar-refractivity contribution >= 4 is 51.5 Å².